The van der Waals surface area contributed by atoms with Gasteiger partial charge in [-0.05, 0) is 24.3 Å². The zero-order valence-electron chi connectivity index (χ0n) is 15.0. The fourth-order valence-corrected chi connectivity index (χ4v) is 3.94. The predicted molar refractivity (Wildman–Crippen MR) is 100 cm³/mol. The lowest BCUT2D eigenvalue weighted by atomic mass is 9.91. The molecule has 9 nitrogen and oxygen atoms in total. The Balaban J connectivity index is 1.36. The fraction of sp³-hybridized carbons (Fsp3) is 0.389. The quantitative estimate of drug-likeness (QED) is 0.699. The summed E-state index contributed by atoms with van der Waals surface area (Å²) in [5.41, 5.74) is 4.83. The van der Waals surface area contributed by atoms with Gasteiger partial charge in [0, 0.05) is 36.4 Å². The maximum Gasteiger partial charge on any atom is 0.410 e. The molecule has 0 radical (unpaired) electrons. The van der Waals surface area contributed by atoms with E-state index in [-0.39, 0.29) is 25.0 Å². The number of hydrogen-bond donors (Lipinski definition) is 1. The van der Waals surface area contributed by atoms with E-state index < -0.39 is 5.97 Å². The molecule has 0 aliphatic carbocycles. The highest BCUT2D eigenvalue weighted by Crippen LogP contribution is 2.30. The molecule has 3 aromatic heterocycles. The smallest absolute Gasteiger partial charge is 0.410 e. The fourth-order valence-electron chi connectivity index (χ4n) is 3.39. The van der Waals surface area contributed by atoms with Crippen LogP contribution in [-0.2, 0) is 22.6 Å². The van der Waals surface area contributed by atoms with Crippen molar-refractivity contribution < 1.29 is 19.4 Å². The standard InChI is InChI=1S/C18H19N5O4S/c24-16(25)5-12-6-19-17-15(7-21-23(17)8-12)13-1-3-22(4-2-13)18(26)27-9-14-10-28-11-20-14/h6-8,10-11,13H,1-5,9H2,(H,24,25). The van der Waals surface area contributed by atoms with E-state index >= 15 is 0 Å². The number of ether oxygens (including phenoxy) is 1. The molecule has 1 N–H and O–H groups in total. The van der Waals surface area contributed by atoms with Gasteiger partial charge in [-0.2, -0.15) is 5.10 Å². The van der Waals surface area contributed by atoms with Crippen molar-refractivity contribution in [1.29, 1.82) is 0 Å². The van der Waals surface area contributed by atoms with Crippen LogP contribution in [0.2, 0.25) is 0 Å². The van der Waals surface area contributed by atoms with Gasteiger partial charge in [0.15, 0.2) is 5.65 Å². The number of piperidine rings is 1. The molecule has 3 aromatic rings. The largest absolute Gasteiger partial charge is 0.481 e. The van der Waals surface area contributed by atoms with Crippen LogP contribution in [0.25, 0.3) is 5.65 Å². The number of carboxylic acids is 1. The summed E-state index contributed by atoms with van der Waals surface area (Å²) in [6.45, 7) is 1.41. The topological polar surface area (TPSA) is 110 Å². The summed E-state index contributed by atoms with van der Waals surface area (Å²) in [6.07, 6.45) is 6.26. The van der Waals surface area contributed by atoms with Crippen LogP contribution in [0.1, 0.15) is 35.6 Å². The number of aromatic nitrogens is 4. The van der Waals surface area contributed by atoms with E-state index in [1.165, 1.54) is 11.3 Å². The van der Waals surface area contributed by atoms with E-state index in [2.05, 4.69) is 15.1 Å². The van der Waals surface area contributed by atoms with Crippen molar-refractivity contribution in [3.8, 4) is 0 Å². The Labute approximate surface area is 164 Å². The molecule has 1 aliphatic heterocycles. The Hall–Kier alpha value is -3.01. The summed E-state index contributed by atoms with van der Waals surface area (Å²) in [6, 6.07) is 0. The number of aliphatic carboxylic acids is 1. The number of rotatable bonds is 5. The third-order valence-corrected chi connectivity index (χ3v) is 5.45. The zero-order chi connectivity index (χ0) is 19.5. The van der Waals surface area contributed by atoms with E-state index in [0.29, 0.717) is 18.7 Å². The molecule has 1 aliphatic rings. The maximum atomic E-state index is 12.2. The molecule has 146 valence electrons. The summed E-state index contributed by atoms with van der Waals surface area (Å²) in [5, 5.41) is 15.1. The lowest BCUT2D eigenvalue weighted by molar-refractivity contribution is -0.136. The molecule has 10 heteroatoms. The molecule has 4 rings (SSSR count). The molecule has 28 heavy (non-hydrogen) atoms. The van der Waals surface area contributed by atoms with Gasteiger partial charge in [0.05, 0.1) is 23.8 Å². The molecule has 1 amide bonds. The number of carbonyl (C=O) groups excluding carboxylic acids is 1. The number of carboxylic acid groups (broad SMARTS) is 1. The van der Waals surface area contributed by atoms with Crippen LogP contribution in [0.4, 0.5) is 4.79 Å². The van der Waals surface area contributed by atoms with Crippen molar-refractivity contribution in [2.45, 2.75) is 31.8 Å². The number of thiazole rings is 1. The number of hydrogen-bond acceptors (Lipinski definition) is 7. The summed E-state index contributed by atoms with van der Waals surface area (Å²) < 4.78 is 6.95. The number of carbonyl (C=O) groups is 2. The normalized spacial score (nSPS) is 15.1. The van der Waals surface area contributed by atoms with Crippen LogP contribution < -0.4 is 0 Å². The average molecular weight is 401 g/mol. The summed E-state index contributed by atoms with van der Waals surface area (Å²) in [4.78, 5) is 33.3. The van der Waals surface area contributed by atoms with Gasteiger partial charge < -0.3 is 14.7 Å². The molecular formula is C18H19N5O4S. The number of likely N-dealkylation sites (tertiary alicyclic amines) is 1. The van der Waals surface area contributed by atoms with Crippen molar-refractivity contribution in [2.75, 3.05) is 13.1 Å². The molecule has 0 atom stereocenters. The van der Waals surface area contributed by atoms with Crippen LogP contribution in [0.3, 0.4) is 0 Å². The van der Waals surface area contributed by atoms with E-state index in [0.717, 1.165) is 29.7 Å². The summed E-state index contributed by atoms with van der Waals surface area (Å²) in [5.74, 6) is -0.652. The Bertz CT molecular complexity index is 979. The Morgan fingerprint density at radius 3 is 2.79 bits per heavy atom. The van der Waals surface area contributed by atoms with Gasteiger partial charge in [0.2, 0.25) is 0 Å². The minimum Gasteiger partial charge on any atom is -0.481 e. The Kier molecular flexibility index (Phi) is 5.20. The maximum absolute atomic E-state index is 12.2. The molecule has 1 saturated heterocycles. The molecule has 1 fully saturated rings. The van der Waals surface area contributed by atoms with Crippen molar-refractivity contribution >= 4 is 29.0 Å². The molecule has 4 heterocycles. The van der Waals surface area contributed by atoms with E-state index in [1.54, 1.807) is 33.5 Å². The van der Waals surface area contributed by atoms with E-state index in [4.69, 9.17) is 9.84 Å². The molecular weight excluding hydrogens is 382 g/mol. The molecule has 0 saturated carbocycles. The number of amides is 1. The van der Waals surface area contributed by atoms with Crippen LogP contribution in [0, 0.1) is 0 Å². The minimum absolute atomic E-state index is 0.0838. The molecule has 0 spiro atoms. The number of nitrogens with zero attached hydrogens (tertiary/aromatic N) is 5. The van der Waals surface area contributed by atoms with Crippen molar-refractivity contribution in [3.63, 3.8) is 0 Å². The van der Waals surface area contributed by atoms with Crippen molar-refractivity contribution in [1.82, 2.24) is 24.5 Å². The van der Waals surface area contributed by atoms with Crippen molar-refractivity contribution in [2.24, 2.45) is 0 Å². The lowest BCUT2D eigenvalue weighted by Crippen LogP contribution is -2.38. The highest BCUT2D eigenvalue weighted by atomic mass is 32.1. The second kappa shape index (κ2) is 7.93. The monoisotopic (exact) mass is 401 g/mol. The van der Waals surface area contributed by atoms with Crippen LogP contribution in [-0.4, -0.2) is 54.7 Å². The van der Waals surface area contributed by atoms with E-state index in [1.807, 2.05) is 5.38 Å². The van der Waals surface area contributed by atoms with Gasteiger partial charge in [-0.3, -0.25) is 4.79 Å². The average Bonchev–Trinajstić information content (AvgIpc) is 3.35. The second-order valence-corrected chi connectivity index (χ2v) is 7.42. The van der Waals surface area contributed by atoms with Gasteiger partial charge in [-0.1, -0.05) is 0 Å². The van der Waals surface area contributed by atoms with Gasteiger partial charge in [0.1, 0.15) is 6.61 Å². The first-order chi connectivity index (χ1) is 13.6. The first-order valence-corrected chi connectivity index (χ1v) is 9.87. The van der Waals surface area contributed by atoms with Crippen LogP contribution >= 0.6 is 11.3 Å². The molecule has 0 unspecified atom stereocenters. The van der Waals surface area contributed by atoms with Crippen molar-refractivity contribution in [3.05, 3.63) is 46.3 Å². The van der Waals surface area contributed by atoms with Gasteiger partial charge >= 0.3 is 12.1 Å². The van der Waals surface area contributed by atoms with Gasteiger partial charge in [-0.15, -0.1) is 11.3 Å². The van der Waals surface area contributed by atoms with Gasteiger partial charge in [0.25, 0.3) is 0 Å². The Morgan fingerprint density at radius 2 is 2.07 bits per heavy atom. The summed E-state index contributed by atoms with van der Waals surface area (Å²) >= 11 is 1.47. The number of fused-ring (bicyclic) bond motifs is 1. The van der Waals surface area contributed by atoms with Crippen LogP contribution in [0.15, 0.2) is 29.5 Å². The highest BCUT2D eigenvalue weighted by molar-refractivity contribution is 7.07. The first-order valence-electron chi connectivity index (χ1n) is 8.93. The Morgan fingerprint density at radius 1 is 1.25 bits per heavy atom. The third-order valence-electron chi connectivity index (χ3n) is 4.81. The highest BCUT2D eigenvalue weighted by Gasteiger charge is 2.27. The van der Waals surface area contributed by atoms with E-state index in [9.17, 15) is 9.59 Å². The summed E-state index contributed by atoms with van der Waals surface area (Å²) in [7, 11) is 0. The second-order valence-electron chi connectivity index (χ2n) is 6.70. The van der Waals surface area contributed by atoms with Gasteiger partial charge in [-0.25, -0.2) is 19.3 Å². The molecule has 0 aromatic carbocycles. The first kappa shape index (κ1) is 18.4. The lowest BCUT2D eigenvalue weighted by Gasteiger charge is -2.30. The SMILES string of the molecule is O=C(O)Cc1cnc2c(C3CCN(C(=O)OCc4cscn4)CC3)cnn2c1. The predicted octanol–water partition coefficient (Wildman–Crippen LogP) is 2.33. The van der Waals surface area contributed by atoms with Crippen LogP contribution in [0.5, 0.6) is 0 Å². The minimum atomic E-state index is -0.900. The third kappa shape index (κ3) is 3.96. The zero-order valence-corrected chi connectivity index (χ0v) is 15.8. The molecule has 0 bridgehead atoms.